The number of para-hydroxylation sites is 2. The Kier molecular flexibility index (Phi) is 4.58. The van der Waals surface area contributed by atoms with Crippen molar-refractivity contribution >= 4 is 5.91 Å². The Morgan fingerprint density at radius 1 is 1.22 bits per heavy atom. The smallest absolute Gasteiger partial charge is 0.229 e. The third kappa shape index (κ3) is 3.40. The number of carbonyl (C=O) groups excluding carboxylic acids is 1. The van der Waals surface area contributed by atoms with E-state index in [0.29, 0.717) is 18.6 Å². The van der Waals surface area contributed by atoms with Gasteiger partial charge in [-0.05, 0) is 24.6 Å². The van der Waals surface area contributed by atoms with Crippen LogP contribution in [0.3, 0.4) is 0 Å². The Bertz CT molecular complexity index is 991. The lowest BCUT2D eigenvalue weighted by Crippen LogP contribution is -2.34. The molecule has 1 aromatic heterocycles. The van der Waals surface area contributed by atoms with E-state index in [1.807, 2.05) is 54.6 Å². The fourth-order valence-electron chi connectivity index (χ4n) is 3.26. The number of nitrogens with one attached hydrogen (secondary N) is 1. The number of aromatic nitrogens is 2. The second-order valence-electron chi connectivity index (χ2n) is 6.35. The second kappa shape index (κ2) is 7.34. The van der Waals surface area contributed by atoms with E-state index in [1.165, 1.54) is 0 Å². The molecule has 134 valence electrons. The van der Waals surface area contributed by atoms with Crippen LogP contribution < -0.4 is 10.1 Å². The highest BCUT2D eigenvalue weighted by Crippen LogP contribution is 2.33. The number of benzene rings is 2. The summed E-state index contributed by atoms with van der Waals surface area (Å²) in [5.41, 5.74) is 2.40. The van der Waals surface area contributed by atoms with E-state index < -0.39 is 6.04 Å². The number of ether oxygens (including phenoxy) is 1. The van der Waals surface area contributed by atoms with Crippen LogP contribution >= 0.6 is 0 Å². The van der Waals surface area contributed by atoms with Gasteiger partial charge in [0.05, 0.1) is 30.5 Å². The summed E-state index contributed by atoms with van der Waals surface area (Å²) < 4.78 is 7.30. The minimum atomic E-state index is -0.759. The summed E-state index contributed by atoms with van der Waals surface area (Å²) in [7, 11) is 0. The standard InChI is InChI=1S/C21H18N4O2/c22-12-19(15-13-23-25(14-15)16-6-2-1-3-7-16)24-21(26)18-10-11-27-20-9-5-4-8-17(18)20/h1-9,13-14,18-19H,10-11H2,(H,24,26)/t18-,19+/m1/s1. The van der Waals surface area contributed by atoms with Crippen LogP contribution in [0.2, 0.25) is 0 Å². The molecule has 0 spiro atoms. The van der Waals surface area contributed by atoms with Gasteiger partial charge in [-0.1, -0.05) is 36.4 Å². The molecule has 4 rings (SSSR count). The van der Waals surface area contributed by atoms with Gasteiger partial charge in [0, 0.05) is 17.3 Å². The SMILES string of the molecule is N#C[C@H](NC(=O)[C@@H]1CCOc2ccccc21)c1cnn(-c2ccccc2)c1. The Morgan fingerprint density at radius 2 is 2.00 bits per heavy atom. The maximum absolute atomic E-state index is 12.8. The van der Waals surface area contributed by atoms with Crippen LogP contribution in [-0.4, -0.2) is 22.3 Å². The highest BCUT2D eigenvalue weighted by Gasteiger charge is 2.29. The summed E-state index contributed by atoms with van der Waals surface area (Å²) in [6, 6.07) is 18.6. The fraction of sp³-hybridized carbons (Fsp3) is 0.190. The van der Waals surface area contributed by atoms with Gasteiger partial charge >= 0.3 is 0 Å². The second-order valence-corrected chi connectivity index (χ2v) is 6.35. The third-order valence-electron chi connectivity index (χ3n) is 4.65. The minimum Gasteiger partial charge on any atom is -0.493 e. The Morgan fingerprint density at radius 3 is 2.81 bits per heavy atom. The zero-order valence-electron chi connectivity index (χ0n) is 14.6. The van der Waals surface area contributed by atoms with Gasteiger partial charge in [-0.2, -0.15) is 10.4 Å². The molecule has 0 fully saturated rings. The molecule has 0 aliphatic carbocycles. The lowest BCUT2D eigenvalue weighted by atomic mass is 9.92. The Balaban J connectivity index is 1.53. The fourth-order valence-corrected chi connectivity index (χ4v) is 3.26. The van der Waals surface area contributed by atoms with Crippen LogP contribution in [0.5, 0.6) is 5.75 Å². The van der Waals surface area contributed by atoms with E-state index in [-0.39, 0.29) is 11.8 Å². The molecule has 2 heterocycles. The summed E-state index contributed by atoms with van der Waals surface area (Å²) in [5.74, 6) is 0.231. The molecular weight excluding hydrogens is 340 g/mol. The Labute approximate surface area is 157 Å². The van der Waals surface area contributed by atoms with Crippen LogP contribution in [0.15, 0.2) is 67.0 Å². The first kappa shape index (κ1) is 16.9. The third-order valence-corrected chi connectivity index (χ3v) is 4.65. The van der Waals surface area contributed by atoms with Crippen molar-refractivity contribution in [2.75, 3.05) is 6.61 Å². The molecule has 0 saturated heterocycles. The van der Waals surface area contributed by atoms with Gasteiger partial charge in [0.1, 0.15) is 11.8 Å². The molecule has 0 radical (unpaired) electrons. The number of carbonyl (C=O) groups is 1. The molecule has 6 nitrogen and oxygen atoms in total. The quantitative estimate of drug-likeness (QED) is 0.777. The topological polar surface area (TPSA) is 79.9 Å². The lowest BCUT2D eigenvalue weighted by molar-refractivity contribution is -0.123. The summed E-state index contributed by atoms with van der Waals surface area (Å²) >= 11 is 0. The van der Waals surface area contributed by atoms with E-state index in [2.05, 4.69) is 16.5 Å². The van der Waals surface area contributed by atoms with Crippen molar-refractivity contribution in [1.82, 2.24) is 15.1 Å². The molecule has 1 aliphatic heterocycles. The highest BCUT2D eigenvalue weighted by atomic mass is 16.5. The van der Waals surface area contributed by atoms with Gasteiger partial charge < -0.3 is 10.1 Å². The minimum absolute atomic E-state index is 0.176. The van der Waals surface area contributed by atoms with E-state index in [1.54, 1.807) is 17.1 Å². The van der Waals surface area contributed by atoms with Crippen molar-refractivity contribution in [3.05, 3.63) is 78.1 Å². The first-order valence-electron chi connectivity index (χ1n) is 8.78. The first-order valence-corrected chi connectivity index (χ1v) is 8.78. The largest absolute Gasteiger partial charge is 0.493 e. The van der Waals surface area contributed by atoms with Gasteiger partial charge in [0.15, 0.2) is 0 Å². The zero-order chi connectivity index (χ0) is 18.6. The summed E-state index contributed by atoms with van der Waals surface area (Å²) in [5, 5.41) is 16.7. The molecule has 0 unspecified atom stereocenters. The number of hydrogen-bond donors (Lipinski definition) is 1. The van der Waals surface area contributed by atoms with Crippen molar-refractivity contribution in [2.24, 2.45) is 0 Å². The molecule has 1 amide bonds. The van der Waals surface area contributed by atoms with Crippen molar-refractivity contribution in [3.63, 3.8) is 0 Å². The average Bonchev–Trinajstić information content (AvgIpc) is 3.22. The van der Waals surface area contributed by atoms with Crippen LogP contribution in [0.25, 0.3) is 5.69 Å². The molecular formula is C21H18N4O2. The average molecular weight is 358 g/mol. The highest BCUT2D eigenvalue weighted by molar-refractivity contribution is 5.85. The molecule has 1 N–H and O–H groups in total. The lowest BCUT2D eigenvalue weighted by Gasteiger charge is -2.25. The molecule has 6 heteroatoms. The van der Waals surface area contributed by atoms with Crippen molar-refractivity contribution < 1.29 is 9.53 Å². The molecule has 0 bridgehead atoms. The van der Waals surface area contributed by atoms with E-state index in [4.69, 9.17) is 4.74 Å². The predicted octanol–water partition coefficient (Wildman–Crippen LogP) is 3.12. The number of nitrogens with zero attached hydrogens (tertiary/aromatic N) is 3. The number of nitriles is 1. The van der Waals surface area contributed by atoms with Crippen LogP contribution in [0.1, 0.15) is 29.5 Å². The summed E-state index contributed by atoms with van der Waals surface area (Å²) in [6.45, 7) is 0.484. The Hall–Kier alpha value is -3.59. The number of amides is 1. The van der Waals surface area contributed by atoms with Crippen LogP contribution in [-0.2, 0) is 4.79 Å². The number of fused-ring (bicyclic) bond motifs is 1. The number of rotatable bonds is 4. The maximum atomic E-state index is 12.8. The zero-order valence-corrected chi connectivity index (χ0v) is 14.6. The van der Waals surface area contributed by atoms with Crippen LogP contribution in [0, 0.1) is 11.3 Å². The summed E-state index contributed by atoms with van der Waals surface area (Å²) in [6.07, 6.45) is 3.96. The van der Waals surface area contributed by atoms with Gasteiger partial charge in [-0.25, -0.2) is 4.68 Å². The molecule has 2 atom stereocenters. The maximum Gasteiger partial charge on any atom is 0.229 e. The molecule has 27 heavy (non-hydrogen) atoms. The molecule has 2 aromatic carbocycles. The van der Waals surface area contributed by atoms with Crippen molar-refractivity contribution in [1.29, 1.82) is 5.26 Å². The van der Waals surface area contributed by atoms with Gasteiger partial charge in [-0.15, -0.1) is 0 Å². The van der Waals surface area contributed by atoms with Crippen LogP contribution in [0.4, 0.5) is 0 Å². The monoisotopic (exact) mass is 358 g/mol. The molecule has 3 aromatic rings. The summed E-state index contributed by atoms with van der Waals surface area (Å²) in [4.78, 5) is 12.8. The van der Waals surface area contributed by atoms with Gasteiger partial charge in [0.25, 0.3) is 0 Å². The molecule has 0 saturated carbocycles. The predicted molar refractivity (Wildman–Crippen MR) is 99.4 cm³/mol. The normalized spacial score (nSPS) is 16.5. The van der Waals surface area contributed by atoms with Crippen molar-refractivity contribution in [2.45, 2.75) is 18.4 Å². The van der Waals surface area contributed by atoms with Crippen molar-refractivity contribution in [3.8, 4) is 17.5 Å². The van der Waals surface area contributed by atoms with E-state index in [0.717, 1.165) is 17.0 Å². The van der Waals surface area contributed by atoms with Gasteiger partial charge in [-0.3, -0.25) is 4.79 Å². The van der Waals surface area contributed by atoms with Gasteiger partial charge in [0.2, 0.25) is 5.91 Å². The molecule has 1 aliphatic rings. The number of hydrogen-bond acceptors (Lipinski definition) is 4. The van der Waals surface area contributed by atoms with E-state index in [9.17, 15) is 10.1 Å². The van der Waals surface area contributed by atoms with E-state index >= 15 is 0 Å². The first-order chi connectivity index (χ1) is 13.3.